The van der Waals surface area contributed by atoms with E-state index in [9.17, 15) is 30.3 Å². The van der Waals surface area contributed by atoms with Crippen molar-refractivity contribution in [2.45, 2.75) is 211 Å². The normalized spacial score (nSPS) is 22.9. The highest BCUT2D eigenvalue weighted by Gasteiger charge is 2.44. The highest BCUT2D eigenvalue weighted by Crippen LogP contribution is 2.22. The molecule has 0 aromatic carbocycles. The van der Waals surface area contributed by atoms with Gasteiger partial charge in [0.2, 0.25) is 5.91 Å². The number of amides is 1. The van der Waals surface area contributed by atoms with E-state index >= 15 is 0 Å². The lowest BCUT2D eigenvalue weighted by Gasteiger charge is -2.40. The average Bonchev–Trinajstić information content (AvgIpc) is 3.07. The van der Waals surface area contributed by atoms with E-state index in [1.165, 1.54) is 109 Å². The van der Waals surface area contributed by atoms with Crippen molar-refractivity contribution in [3.63, 3.8) is 0 Å². The Morgan fingerprint density at radius 3 is 1.66 bits per heavy atom. The maximum absolute atomic E-state index is 12.8. The Labute approximate surface area is 286 Å². The van der Waals surface area contributed by atoms with E-state index in [4.69, 9.17) is 9.47 Å². The fourth-order valence-corrected chi connectivity index (χ4v) is 6.15. The van der Waals surface area contributed by atoms with Gasteiger partial charge in [0, 0.05) is 6.42 Å². The third-order valence-corrected chi connectivity index (χ3v) is 9.36. The van der Waals surface area contributed by atoms with Gasteiger partial charge in [-0.2, -0.15) is 0 Å². The molecule has 0 aromatic heterocycles. The molecule has 1 rings (SSSR count). The van der Waals surface area contributed by atoms with E-state index in [1.54, 1.807) is 6.08 Å². The third kappa shape index (κ3) is 21.6. The smallest absolute Gasteiger partial charge is 0.220 e. The fraction of sp³-hybridized carbons (Fsp3) is 0.921. The molecule has 1 aliphatic heterocycles. The summed E-state index contributed by atoms with van der Waals surface area (Å²) in [5.41, 5.74) is 0. The van der Waals surface area contributed by atoms with Crippen molar-refractivity contribution in [3.05, 3.63) is 12.2 Å². The lowest BCUT2D eigenvalue weighted by atomic mass is 9.99. The van der Waals surface area contributed by atoms with Gasteiger partial charge in [-0.05, 0) is 19.3 Å². The zero-order valence-electron chi connectivity index (χ0n) is 30.0. The average molecular weight is 672 g/mol. The van der Waals surface area contributed by atoms with Crippen LogP contribution in [0.15, 0.2) is 12.2 Å². The van der Waals surface area contributed by atoms with Crippen LogP contribution in [0, 0.1) is 0 Å². The SMILES string of the molecule is CCCCCCCCCCCCC/C=C/[C@@H](O)[C@H](CO[C@@H]1O[C@H](CO)[C@@H](O)C(O)C1O)NC(=O)CCCCCCCCCCCCC. The van der Waals surface area contributed by atoms with Gasteiger partial charge in [-0.1, -0.05) is 154 Å². The quantitative estimate of drug-likeness (QED) is 0.0357. The fourth-order valence-electron chi connectivity index (χ4n) is 6.15. The summed E-state index contributed by atoms with van der Waals surface area (Å²) >= 11 is 0. The molecule has 0 aliphatic carbocycles. The molecule has 0 saturated carbocycles. The zero-order valence-corrected chi connectivity index (χ0v) is 30.0. The van der Waals surface area contributed by atoms with Gasteiger partial charge in [-0.3, -0.25) is 4.79 Å². The van der Waals surface area contributed by atoms with Crippen molar-refractivity contribution in [1.82, 2.24) is 5.32 Å². The van der Waals surface area contributed by atoms with Crippen molar-refractivity contribution in [2.75, 3.05) is 13.2 Å². The van der Waals surface area contributed by atoms with Gasteiger partial charge in [0.1, 0.15) is 24.4 Å². The van der Waals surface area contributed by atoms with Crippen LogP contribution in [0.25, 0.3) is 0 Å². The number of hydrogen-bond donors (Lipinski definition) is 6. The minimum atomic E-state index is -1.56. The largest absolute Gasteiger partial charge is 0.394 e. The van der Waals surface area contributed by atoms with Gasteiger partial charge in [-0.25, -0.2) is 0 Å². The van der Waals surface area contributed by atoms with Crippen LogP contribution in [0.5, 0.6) is 0 Å². The van der Waals surface area contributed by atoms with Gasteiger partial charge in [0.05, 0.1) is 25.4 Å². The molecule has 0 aromatic rings. The molecule has 47 heavy (non-hydrogen) atoms. The second-order valence-electron chi connectivity index (χ2n) is 13.7. The molecule has 6 N–H and O–H groups in total. The summed E-state index contributed by atoms with van der Waals surface area (Å²) in [6.45, 7) is 3.74. The number of rotatable bonds is 31. The second kappa shape index (κ2) is 29.8. The van der Waals surface area contributed by atoms with Crippen molar-refractivity contribution in [2.24, 2.45) is 0 Å². The molecule has 9 nitrogen and oxygen atoms in total. The molecule has 1 heterocycles. The molecule has 1 fully saturated rings. The number of nitrogens with one attached hydrogen (secondary N) is 1. The predicted octanol–water partition coefficient (Wildman–Crippen LogP) is 6.61. The number of aliphatic hydroxyl groups excluding tert-OH is 5. The van der Waals surface area contributed by atoms with Crippen molar-refractivity contribution in [1.29, 1.82) is 0 Å². The predicted molar refractivity (Wildman–Crippen MR) is 189 cm³/mol. The summed E-state index contributed by atoms with van der Waals surface area (Å²) < 4.78 is 11.1. The Kier molecular flexibility index (Phi) is 27.9. The van der Waals surface area contributed by atoms with Gasteiger partial charge >= 0.3 is 0 Å². The van der Waals surface area contributed by atoms with Gasteiger partial charge in [0.15, 0.2) is 6.29 Å². The third-order valence-electron chi connectivity index (χ3n) is 9.36. The summed E-state index contributed by atoms with van der Waals surface area (Å²) in [5.74, 6) is -0.179. The summed E-state index contributed by atoms with van der Waals surface area (Å²) in [5, 5.41) is 53.8. The number of aliphatic hydroxyl groups is 5. The number of unbranched alkanes of at least 4 members (excludes halogenated alkanes) is 21. The standard InChI is InChI=1S/C38H73NO8/c1-3-5-7-9-11-13-15-16-18-19-21-23-25-27-32(41)31(30-46-38-37(45)36(44)35(43)33(29-40)47-38)39-34(42)28-26-24-22-20-17-14-12-10-8-6-4-2/h25,27,31-33,35-38,40-41,43-45H,3-24,26,28-30H2,1-2H3,(H,39,42)/b27-25+/t31-,32+,33+,35+,36?,37?,38+/m0/s1. The van der Waals surface area contributed by atoms with Crippen molar-refractivity contribution >= 4 is 5.91 Å². The number of carbonyl (C=O) groups is 1. The molecule has 1 aliphatic rings. The van der Waals surface area contributed by atoms with Gasteiger partial charge in [0.25, 0.3) is 0 Å². The number of allylic oxidation sites excluding steroid dienone is 1. The van der Waals surface area contributed by atoms with Crippen LogP contribution in [-0.4, -0.2) is 87.5 Å². The number of ether oxygens (including phenoxy) is 2. The molecule has 2 unspecified atom stereocenters. The van der Waals surface area contributed by atoms with Crippen LogP contribution in [0.1, 0.15) is 168 Å². The van der Waals surface area contributed by atoms with E-state index in [0.29, 0.717) is 6.42 Å². The molecule has 278 valence electrons. The summed E-state index contributed by atoms with van der Waals surface area (Å²) in [6, 6.07) is -0.795. The van der Waals surface area contributed by atoms with E-state index in [0.717, 1.165) is 38.5 Å². The van der Waals surface area contributed by atoms with Gasteiger partial charge < -0.3 is 40.3 Å². The minimum absolute atomic E-state index is 0.179. The van der Waals surface area contributed by atoms with Crippen LogP contribution in [-0.2, 0) is 14.3 Å². The Balaban J connectivity index is 2.46. The number of hydrogen-bond acceptors (Lipinski definition) is 8. The molecule has 9 heteroatoms. The van der Waals surface area contributed by atoms with Gasteiger partial charge in [-0.15, -0.1) is 0 Å². The summed E-state index contributed by atoms with van der Waals surface area (Å²) in [7, 11) is 0. The van der Waals surface area contributed by atoms with Crippen LogP contribution in [0.3, 0.4) is 0 Å². The van der Waals surface area contributed by atoms with E-state index in [2.05, 4.69) is 19.2 Å². The zero-order chi connectivity index (χ0) is 34.5. The monoisotopic (exact) mass is 672 g/mol. The second-order valence-corrected chi connectivity index (χ2v) is 13.7. The topological polar surface area (TPSA) is 149 Å². The van der Waals surface area contributed by atoms with Crippen LogP contribution in [0.2, 0.25) is 0 Å². The van der Waals surface area contributed by atoms with Crippen LogP contribution in [0.4, 0.5) is 0 Å². The molecular formula is C38H73NO8. The first-order valence-corrected chi connectivity index (χ1v) is 19.4. The lowest BCUT2D eigenvalue weighted by molar-refractivity contribution is -0.302. The molecule has 7 atom stereocenters. The lowest BCUT2D eigenvalue weighted by Crippen LogP contribution is -2.60. The Bertz CT molecular complexity index is 751. The Morgan fingerprint density at radius 2 is 1.17 bits per heavy atom. The molecule has 0 radical (unpaired) electrons. The number of carbonyl (C=O) groups excluding carboxylic acids is 1. The van der Waals surface area contributed by atoms with Crippen LogP contribution >= 0.6 is 0 Å². The molecular weight excluding hydrogens is 598 g/mol. The maximum atomic E-state index is 12.8. The van der Waals surface area contributed by atoms with E-state index in [1.807, 2.05) is 6.08 Å². The molecule has 1 saturated heterocycles. The molecule has 0 spiro atoms. The van der Waals surface area contributed by atoms with Crippen molar-refractivity contribution < 1.29 is 39.8 Å². The first-order valence-electron chi connectivity index (χ1n) is 19.4. The highest BCUT2D eigenvalue weighted by atomic mass is 16.7. The Morgan fingerprint density at radius 1 is 0.702 bits per heavy atom. The van der Waals surface area contributed by atoms with Crippen LogP contribution < -0.4 is 5.32 Å². The molecule has 1 amide bonds. The first kappa shape index (κ1) is 44.0. The van der Waals surface area contributed by atoms with Crippen molar-refractivity contribution in [3.8, 4) is 0 Å². The maximum Gasteiger partial charge on any atom is 0.220 e. The Hall–Kier alpha value is -1.07. The summed E-state index contributed by atoms with van der Waals surface area (Å²) in [6.07, 6.45) is 23.9. The molecule has 0 bridgehead atoms. The first-order chi connectivity index (χ1) is 22.8. The van der Waals surface area contributed by atoms with E-state index in [-0.39, 0.29) is 12.5 Å². The van der Waals surface area contributed by atoms with E-state index < -0.39 is 49.5 Å². The minimum Gasteiger partial charge on any atom is -0.394 e. The highest BCUT2D eigenvalue weighted by molar-refractivity contribution is 5.76. The summed E-state index contributed by atoms with van der Waals surface area (Å²) in [4.78, 5) is 12.8.